The molecule has 2 aromatic rings. The molecule has 0 amide bonds. The lowest BCUT2D eigenvalue weighted by molar-refractivity contribution is -0.00942. The number of ether oxygens (including phenoxy) is 1. The smallest absolute Gasteiger partial charge is 0.0846 e. The van der Waals surface area contributed by atoms with Crippen LogP contribution in [0.3, 0.4) is 0 Å². The van der Waals surface area contributed by atoms with Crippen LogP contribution in [0.25, 0.3) is 10.8 Å². The lowest BCUT2D eigenvalue weighted by atomic mass is 9.88. The highest BCUT2D eigenvalue weighted by atomic mass is 79.9. The number of halogens is 1. The lowest BCUT2D eigenvalue weighted by Gasteiger charge is -2.27. The van der Waals surface area contributed by atoms with Gasteiger partial charge in [-0.3, -0.25) is 0 Å². The molecular formula is C16H17BrO2. The number of benzene rings is 2. The molecule has 1 aliphatic rings. The highest BCUT2D eigenvalue weighted by Gasteiger charge is 2.25. The van der Waals surface area contributed by atoms with E-state index in [4.69, 9.17) is 4.74 Å². The largest absolute Gasteiger partial charge is 0.388 e. The summed E-state index contributed by atoms with van der Waals surface area (Å²) in [5.41, 5.74) is 1.01. The van der Waals surface area contributed by atoms with Gasteiger partial charge in [0.1, 0.15) is 0 Å². The summed E-state index contributed by atoms with van der Waals surface area (Å²) < 4.78 is 6.56. The predicted molar refractivity (Wildman–Crippen MR) is 80.2 cm³/mol. The molecular weight excluding hydrogens is 304 g/mol. The molecule has 1 saturated heterocycles. The Morgan fingerprint density at radius 3 is 2.68 bits per heavy atom. The normalized spacial score (nSPS) is 21.5. The molecule has 19 heavy (non-hydrogen) atoms. The van der Waals surface area contributed by atoms with Gasteiger partial charge in [0.25, 0.3) is 0 Å². The van der Waals surface area contributed by atoms with E-state index >= 15 is 0 Å². The van der Waals surface area contributed by atoms with E-state index in [9.17, 15) is 5.11 Å². The number of aliphatic hydroxyl groups is 1. The Kier molecular flexibility index (Phi) is 3.87. The summed E-state index contributed by atoms with van der Waals surface area (Å²) in [5.74, 6) is 0.207. The fourth-order valence-corrected chi connectivity index (χ4v) is 3.29. The Bertz CT molecular complexity index is 576. The monoisotopic (exact) mass is 320 g/mol. The quantitative estimate of drug-likeness (QED) is 0.904. The zero-order chi connectivity index (χ0) is 13.2. The minimum Gasteiger partial charge on any atom is -0.388 e. The van der Waals surface area contributed by atoms with Gasteiger partial charge in [-0.25, -0.2) is 0 Å². The maximum atomic E-state index is 10.6. The third-order valence-electron chi connectivity index (χ3n) is 3.87. The molecule has 0 bridgehead atoms. The van der Waals surface area contributed by atoms with E-state index in [1.807, 2.05) is 24.3 Å². The van der Waals surface area contributed by atoms with Crippen LogP contribution in [-0.4, -0.2) is 18.3 Å². The summed E-state index contributed by atoms with van der Waals surface area (Å²) in [5, 5.41) is 12.9. The molecule has 0 aromatic heterocycles. The van der Waals surface area contributed by atoms with Gasteiger partial charge in [-0.1, -0.05) is 46.3 Å². The maximum absolute atomic E-state index is 10.6. The van der Waals surface area contributed by atoms with E-state index in [2.05, 4.69) is 28.1 Å². The predicted octanol–water partition coefficient (Wildman–Crippen LogP) is 4.06. The third-order valence-corrected chi connectivity index (χ3v) is 4.56. The number of hydrogen-bond donors (Lipinski definition) is 1. The Hall–Kier alpha value is -0.900. The van der Waals surface area contributed by atoms with Gasteiger partial charge < -0.3 is 9.84 Å². The van der Waals surface area contributed by atoms with Gasteiger partial charge in [-0.2, -0.15) is 0 Å². The zero-order valence-electron chi connectivity index (χ0n) is 10.7. The number of hydrogen-bond acceptors (Lipinski definition) is 2. The van der Waals surface area contributed by atoms with Gasteiger partial charge in [0.15, 0.2) is 0 Å². The van der Waals surface area contributed by atoms with Crippen LogP contribution in [0.2, 0.25) is 0 Å². The van der Waals surface area contributed by atoms with E-state index in [1.165, 1.54) is 0 Å². The summed E-state index contributed by atoms with van der Waals surface area (Å²) in [4.78, 5) is 0. The van der Waals surface area contributed by atoms with Gasteiger partial charge in [0, 0.05) is 17.0 Å². The fourth-order valence-electron chi connectivity index (χ4n) is 2.81. The van der Waals surface area contributed by atoms with Crippen molar-refractivity contribution in [3.8, 4) is 0 Å². The molecule has 2 nitrogen and oxygen atoms in total. The van der Waals surface area contributed by atoms with Crippen molar-refractivity contribution >= 4 is 26.7 Å². The molecule has 2 unspecified atom stereocenters. The van der Waals surface area contributed by atoms with Crippen LogP contribution >= 0.6 is 15.9 Å². The van der Waals surface area contributed by atoms with E-state index < -0.39 is 6.10 Å². The van der Waals surface area contributed by atoms with Crippen LogP contribution in [0.15, 0.2) is 40.9 Å². The molecule has 3 rings (SSSR count). The Labute approximate surface area is 121 Å². The standard InChI is InChI=1S/C16H17BrO2/c17-15-8-7-14(12-5-1-2-6-13(12)15)16(18)11-4-3-9-19-10-11/h1-2,5-8,11,16,18H,3-4,9-10H2. The van der Waals surface area contributed by atoms with Crippen molar-refractivity contribution in [2.75, 3.05) is 13.2 Å². The van der Waals surface area contributed by atoms with Gasteiger partial charge in [0.2, 0.25) is 0 Å². The molecule has 1 heterocycles. The van der Waals surface area contributed by atoms with Crippen molar-refractivity contribution in [2.24, 2.45) is 5.92 Å². The minimum atomic E-state index is -0.446. The van der Waals surface area contributed by atoms with Gasteiger partial charge in [-0.15, -0.1) is 0 Å². The van der Waals surface area contributed by atoms with Gasteiger partial charge in [0.05, 0.1) is 12.7 Å². The third kappa shape index (κ3) is 2.55. The first-order valence-corrected chi connectivity index (χ1v) is 7.49. The molecule has 0 saturated carbocycles. The molecule has 1 N–H and O–H groups in total. The first kappa shape index (κ1) is 13.1. The lowest BCUT2D eigenvalue weighted by Crippen LogP contribution is -2.23. The Balaban J connectivity index is 2.02. The summed E-state index contributed by atoms with van der Waals surface area (Å²) >= 11 is 3.57. The second-order valence-corrected chi connectivity index (χ2v) is 5.96. The number of aliphatic hydroxyl groups excluding tert-OH is 1. The molecule has 1 aliphatic heterocycles. The molecule has 2 atom stereocenters. The SMILES string of the molecule is OC(c1ccc(Br)c2ccccc12)C1CCCOC1. The molecule has 1 fully saturated rings. The number of rotatable bonds is 2. The second kappa shape index (κ2) is 5.61. The van der Waals surface area contributed by atoms with Crippen LogP contribution in [0, 0.1) is 5.92 Å². The van der Waals surface area contributed by atoms with Crippen LogP contribution in [0.4, 0.5) is 0 Å². The maximum Gasteiger partial charge on any atom is 0.0846 e. The van der Waals surface area contributed by atoms with Crippen molar-refractivity contribution in [3.05, 3.63) is 46.4 Å². The topological polar surface area (TPSA) is 29.5 Å². The van der Waals surface area contributed by atoms with E-state index in [1.54, 1.807) is 0 Å². The molecule has 100 valence electrons. The average molecular weight is 321 g/mol. The Morgan fingerprint density at radius 1 is 1.16 bits per heavy atom. The minimum absolute atomic E-state index is 0.207. The van der Waals surface area contributed by atoms with Crippen LogP contribution < -0.4 is 0 Å². The van der Waals surface area contributed by atoms with Crippen LogP contribution in [-0.2, 0) is 4.74 Å². The summed E-state index contributed by atoms with van der Waals surface area (Å²) in [6.07, 6.45) is 1.63. The summed E-state index contributed by atoms with van der Waals surface area (Å²) in [6, 6.07) is 12.2. The summed E-state index contributed by atoms with van der Waals surface area (Å²) in [7, 11) is 0. The fraction of sp³-hybridized carbons (Fsp3) is 0.375. The first-order valence-electron chi connectivity index (χ1n) is 6.70. The van der Waals surface area contributed by atoms with Gasteiger partial charge >= 0.3 is 0 Å². The zero-order valence-corrected chi connectivity index (χ0v) is 12.3. The van der Waals surface area contributed by atoms with Crippen molar-refractivity contribution < 1.29 is 9.84 Å². The van der Waals surface area contributed by atoms with Crippen molar-refractivity contribution in [2.45, 2.75) is 18.9 Å². The average Bonchev–Trinajstić information content (AvgIpc) is 2.48. The van der Waals surface area contributed by atoms with Crippen LogP contribution in [0.5, 0.6) is 0 Å². The molecule has 3 heteroatoms. The van der Waals surface area contributed by atoms with Gasteiger partial charge in [-0.05, 0) is 35.2 Å². The van der Waals surface area contributed by atoms with Crippen LogP contribution in [0.1, 0.15) is 24.5 Å². The van der Waals surface area contributed by atoms with Crippen molar-refractivity contribution in [3.63, 3.8) is 0 Å². The Morgan fingerprint density at radius 2 is 1.95 bits per heavy atom. The molecule has 0 aliphatic carbocycles. The highest BCUT2D eigenvalue weighted by molar-refractivity contribution is 9.10. The van der Waals surface area contributed by atoms with E-state index in [0.717, 1.165) is 40.3 Å². The van der Waals surface area contributed by atoms with Crippen molar-refractivity contribution in [1.82, 2.24) is 0 Å². The molecule has 2 aromatic carbocycles. The molecule has 0 spiro atoms. The summed E-state index contributed by atoms with van der Waals surface area (Å²) in [6.45, 7) is 1.48. The molecule has 0 radical (unpaired) electrons. The first-order chi connectivity index (χ1) is 9.27. The second-order valence-electron chi connectivity index (χ2n) is 5.10. The number of fused-ring (bicyclic) bond motifs is 1. The highest BCUT2D eigenvalue weighted by Crippen LogP contribution is 2.35. The van der Waals surface area contributed by atoms with E-state index in [-0.39, 0.29) is 5.92 Å². The van der Waals surface area contributed by atoms with E-state index in [0.29, 0.717) is 6.61 Å². The van der Waals surface area contributed by atoms with Crippen molar-refractivity contribution in [1.29, 1.82) is 0 Å².